The van der Waals surface area contributed by atoms with Crippen LogP contribution in [0.25, 0.3) is 0 Å². The van der Waals surface area contributed by atoms with Crippen molar-refractivity contribution in [2.75, 3.05) is 0 Å². The van der Waals surface area contributed by atoms with Gasteiger partial charge in [0.05, 0.1) is 0 Å². The van der Waals surface area contributed by atoms with Gasteiger partial charge in [0.1, 0.15) is 0 Å². The highest BCUT2D eigenvalue weighted by Crippen LogP contribution is 2.18. The summed E-state index contributed by atoms with van der Waals surface area (Å²) in [7, 11) is 0. The van der Waals surface area contributed by atoms with Crippen LogP contribution in [0.15, 0.2) is 49.1 Å². The van der Waals surface area contributed by atoms with Crippen molar-refractivity contribution < 1.29 is 0 Å². The van der Waals surface area contributed by atoms with E-state index in [0.717, 1.165) is 5.92 Å². The van der Waals surface area contributed by atoms with Gasteiger partial charge in [0, 0.05) is 0 Å². The normalized spacial score (nSPS) is 23.8. The van der Waals surface area contributed by atoms with E-state index in [-0.39, 0.29) is 0 Å². The van der Waals surface area contributed by atoms with Gasteiger partial charge in [-0.25, -0.2) is 0 Å². The Morgan fingerprint density at radius 1 is 1.17 bits per heavy atom. The predicted molar refractivity (Wildman–Crippen MR) is 55.0 cm³/mol. The fourth-order valence-electron chi connectivity index (χ4n) is 1.36. The maximum atomic E-state index is 3.61. The second-order valence-electron chi connectivity index (χ2n) is 3.05. The molecule has 0 saturated carbocycles. The molecule has 1 atom stereocenters. The first-order valence-corrected chi connectivity index (χ1v) is 4.54. The first kappa shape index (κ1) is 9.05. The van der Waals surface area contributed by atoms with Crippen LogP contribution in [0.2, 0.25) is 0 Å². The summed E-state index contributed by atoms with van der Waals surface area (Å²) in [4.78, 5) is 0. The van der Waals surface area contributed by atoms with Gasteiger partial charge in [0.15, 0.2) is 0 Å². The van der Waals surface area contributed by atoms with Gasteiger partial charge < -0.3 is 0 Å². The molecule has 0 spiro atoms. The average Bonchev–Trinajstić information content (AvgIpc) is 2.14. The van der Waals surface area contributed by atoms with Crippen LogP contribution >= 0.6 is 0 Å². The fraction of sp³-hybridized carbons (Fsp3) is 0.333. The van der Waals surface area contributed by atoms with Crippen LogP contribution in [0, 0.1) is 5.92 Å². The molecule has 0 aromatic carbocycles. The van der Waals surface area contributed by atoms with Crippen molar-refractivity contribution >= 4 is 0 Å². The third kappa shape index (κ3) is 3.38. The molecule has 0 N–H and O–H groups in total. The minimum absolute atomic E-state index is 0.754. The molecule has 0 heterocycles. The predicted octanol–water partition coefficient (Wildman–Crippen LogP) is 3.64. The van der Waals surface area contributed by atoms with Crippen molar-refractivity contribution in [1.82, 2.24) is 0 Å². The highest BCUT2D eigenvalue weighted by atomic mass is 14.1. The minimum atomic E-state index is 0.754. The second-order valence-corrected chi connectivity index (χ2v) is 3.05. The quantitative estimate of drug-likeness (QED) is 0.437. The summed E-state index contributed by atoms with van der Waals surface area (Å²) >= 11 is 0. The third-order valence-electron chi connectivity index (χ3n) is 2.05. The molecular formula is C12H16. The van der Waals surface area contributed by atoms with E-state index in [2.05, 4.69) is 30.9 Å². The first-order chi connectivity index (χ1) is 5.93. The van der Waals surface area contributed by atoms with Crippen LogP contribution in [0.5, 0.6) is 0 Å². The zero-order chi connectivity index (χ0) is 8.65. The molecule has 0 radical (unpaired) electrons. The van der Waals surface area contributed by atoms with Crippen LogP contribution in [0.4, 0.5) is 0 Å². The Morgan fingerprint density at radius 3 is 2.75 bits per heavy atom. The van der Waals surface area contributed by atoms with E-state index < -0.39 is 0 Å². The van der Waals surface area contributed by atoms with E-state index in [1.165, 1.54) is 19.3 Å². The lowest BCUT2D eigenvalue weighted by atomic mass is 9.94. The van der Waals surface area contributed by atoms with Crippen molar-refractivity contribution in [1.29, 1.82) is 0 Å². The Bertz CT molecular complexity index is 206. The molecular weight excluding hydrogens is 144 g/mol. The molecule has 0 aromatic heterocycles. The summed E-state index contributed by atoms with van der Waals surface area (Å²) in [5.74, 6) is 0.754. The number of hydrogen-bond donors (Lipinski definition) is 0. The smallest absolute Gasteiger partial charge is 0.0193 e. The summed E-state index contributed by atoms with van der Waals surface area (Å²) in [5, 5.41) is 0. The SMILES string of the molecule is C=C/C=C\C=C\[C@@H]1CC=CCC1. The number of hydrogen-bond acceptors (Lipinski definition) is 0. The van der Waals surface area contributed by atoms with Gasteiger partial charge in [0.2, 0.25) is 0 Å². The Kier molecular flexibility index (Phi) is 4.22. The fourth-order valence-corrected chi connectivity index (χ4v) is 1.36. The lowest BCUT2D eigenvalue weighted by Gasteiger charge is -2.11. The van der Waals surface area contributed by atoms with Gasteiger partial charge in [-0.2, -0.15) is 0 Å². The minimum Gasteiger partial charge on any atom is -0.0991 e. The molecule has 0 fully saturated rings. The summed E-state index contributed by atoms with van der Waals surface area (Å²) in [5.41, 5.74) is 0. The van der Waals surface area contributed by atoms with Crippen LogP contribution in [0.3, 0.4) is 0 Å². The first-order valence-electron chi connectivity index (χ1n) is 4.54. The standard InChI is InChI=1S/C12H16/c1-2-3-4-6-9-12-10-7-5-8-11-12/h2-7,9,12H,1,8,10-11H2/b4-3-,9-6+/t12-/m1/s1. The van der Waals surface area contributed by atoms with Crippen LogP contribution in [-0.2, 0) is 0 Å². The molecule has 0 bridgehead atoms. The number of rotatable bonds is 3. The molecule has 0 saturated heterocycles. The van der Waals surface area contributed by atoms with Crippen LogP contribution < -0.4 is 0 Å². The van der Waals surface area contributed by atoms with Gasteiger partial charge in [0.25, 0.3) is 0 Å². The van der Waals surface area contributed by atoms with Crippen LogP contribution in [-0.4, -0.2) is 0 Å². The van der Waals surface area contributed by atoms with Gasteiger partial charge in [-0.05, 0) is 25.2 Å². The summed E-state index contributed by atoms with van der Waals surface area (Å²) in [6.45, 7) is 3.61. The van der Waals surface area contributed by atoms with E-state index in [1.54, 1.807) is 6.08 Å². The van der Waals surface area contributed by atoms with E-state index in [4.69, 9.17) is 0 Å². The van der Waals surface area contributed by atoms with E-state index >= 15 is 0 Å². The van der Waals surface area contributed by atoms with E-state index in [9.17, 15) is 0 Å². The number of allylic oxidation sites excluding steroid dienone is 7. The second kappa shape index (κ2) is 5.59. The summed E-state index contributed by atoms with van der Waals surface area (Å²) in [6, 6.07) is 0. The van der Waals surface area contributed by atoms with Gasteiger partial charge in [-0.3, -0.25) is 0 Å². The molecule has 0 heteroatoms. The molecule has 0 aliphatic heterocycles. The zero-order valence-corrected chi connectivity index (χ0v) is 7.45. The summed E-state index contributed by atoms with van der Waals surface area (Å²) < 4.78 is 0. The van der Waals surface area contributed by atoms with Crippen molar-refractivity contribution in [2.24, 2.45) is 5.92 Å². The van der Waals surface area contributed by atoms with Crippen molar-refractivity contribution in [3.8, 4) is 0 Å². The molecule has 1 rings (SSSR count). The zero-order valence-electron chi connectivity index (χ0n) is 7.45. The lowest BCUT2D eigenvalue weighted by Crippen LogP contribution is -1.97. The third-order valence-corrected chi connectivity index (χ3v) is 2.05. The molecule has 12 heavy (non-hydrogen) atoms. The molecule has 64 valence electrons. The van der Waals surface area contributed by atoms with Gasteiger partial charge >= 0.3 is 0 Å². The van der Waals surface area contributed by atoms with Gasteiger partial charge in [-0.1, -0.05) is 49.1 Å². The van der Waals surface area contributed by atoms with Crippen molar-refractivity contribution in [3.63, 3.8) is 0 Å². The van der Waals surface area contributed by atoms with Gasteiger partial charge in [-0.15, -0.1) is 0 Å². The Balaban J connectivity index is 2.29. The molecule has 1 aliphatic rings. The maximum Gasteiger partial charge on any atom is -0.0193 e. The maximum absolute atomic E-state index is 3.61. The van der Waals surface area contributed by atoms with Crippen LogP contribution in [0.1, 0.15) is 19.3 Å². The average molecular weight is 160 g/mol. The molecule has 1 aliphatic carbocycles. The van der Waals surface area contributed by atoms with E-state index in [1.807, 2.05) is 12.2 Å². The molecule has 0 amide bonds. The monoisotopic (exact) mass is 160 g/mol. The molecule has 0 nitrogen and oxygen atoms in total. The highest BCUT2D eigenvalue weighted by Gasteiger charge is 2.03. The van der Waals surface area contributed by atoms with Crippen molar-refractivity contribution in [3.05, 3.63) is 49.1 Å². The molecule has 0 aromatic rings. The molecule has 0 unspecified atom stereocenters. The Morgan fingerprint density at radius 2 is 2.08 bits per heavy atom. The Hall–Kier alpha value is -1.04. The Labute approximate surface area is 75.0 Å². The van der Waals surface area contributed by atoms with E-state index in [0.29, 0.717) is 0 Å². The van der Waals surface area contributed by atoms with Crippen molar-refractivity contribution in [2.45, 2.75) is 19.3 Å². The lowest BCUT2D eigenvalue weighted by molar-refractivity contribution is 0.584. The topological polar surface area (TPSA) is 0 Å². The highest BCUT2D eigenvalue weighted by molar-refractivity contribution is 5.11. The summed E-state index contributed by atoms with van der Waals surface area (Å²) in [6.07, 6.45) is 18.5. The largest absolute Gasteiger partial charge is 0.0991 e.